The lowest BCUT2D eigenvalue weighted by molar-refractivity contribution is -0.384. The molecule has 0 radical (unpaired) electrons. The fourth-order valence-corrected chi connectivity index (χ4v) is 3.46. The van der Waals surface area contributed by atoms with Crippen molar-refractivity contribution in [3.8, 4) is 0 Å². The Kier molecular flexibility index (Phi) is 6.78. The third-order valence-electron chi connectivity index (χ3n) is 5.04. The van der Waals surface area contributed by atoms with E-state index >= 15 is 0 Å². The molecule has 0 heterocycles. The monoisotopic (exact) mass is 396 g/mol. The molecule has 3 amide bonds. The summed E-state index contributed by atoms with van der Waals surface area (Å²) in [5.41, 5.74) is 1.30. The van der Waals surface area contributed by atoms with Crippen LogP contribution in [-0.2, 0) is 6.54 Å². The zero-order chi connectivity index (χ0) is 20.6. The molecule has 0 aromatic heterocycles. The van der Waals surface area contributed by atoms with Crippen LogP contribution in [0.2, 0.25) is 0 Å². The van der Waals surface area contributed by atoms with E-state index < -0.39 is 4.92 Å². The number of benzene rings is 2. The molecule has 0 spiro atoms. The molecule has 2 unspecified atom stereocenters. The van der Waals surface area contributed by atoms with Gasteiger partial charge in [0.05, 0.1) is 11.0 Å². The van der Waals surface area contributed by atoms with Crippen LogP contribution >= 0.6 is 0 Å². The molecule has 0 bridgehead atoms. The summed E-state index contributed by atoms with van der Waals surface area (Å²) >= 11 is 0. The van der Waals surface area contributed by atoms with Gasteiger partial charge in [-0.1, -0.05) is 43.2 Å². The molecule has 0 aliphatic heterocycles. The van der Waals surface area contributed by atoms with Gasteiger partial charge in [-0.3, -0.25) is 14.9 Å². The van der Waals surface area contributed by atoms with E-state index in [2.05, 4.69) is 16.0 Å². The number of carbonyl (C=O) groups excluding carboxylic acids is 2. The minimum Gasteiger partial charge on any atom is -0.347 e. The summed E-state index contributed by atoms with van der Waals surface area (Å²) in [6.07, 6.45) is 3.49. The second kappa shape index (κ2) is 9.68. The Hall–Kier alpha value is -3.42. The third-order valence-corrected chi connectivity index (χ3v) is 5.04. The molecule has 0 saturated heterocycles. The van der Waals surface area contributed by atoms with Gasteiger partial charge in [0, 0.05) is 30.3 Å². The topological polar surface area (TPSA) is 113 Å². The van der Waals surface area contributed by atoms with Gasteiger partial charge in [-0.25, -0.2) is 4.79 Å². The Morgan fingerprint density at radius 1 is 0.931 bits per heavy atom. The first kappa shape index (κ1) is 20.3. The molecule has 1 fully saturated rings. The van der Waals surface area contributed by atoms with Crippen LogP contribution < -0.4 is 16.0 Å². The highest BCUT2D eigenvalue weighted by atomic mass is 16.6. The Balaban J connectivity index is 1.55. The molecular formula is C21H24N4O4. The molecule has 2 aromatic rings. The van der Waals surface area contributed by atoms with Crippen molar-refractivity contribution >= 4 is 17.6 Å². The summed E-state index contributed by atoms with van der Waals surface area (Å²) in [5.74, 6) is -0.303. The predicted octanol–water partition coefficient (Wildman–Crippen LogP) is 3.14. The number of hydrogen-bond donors (Lipinski definition) is 3. The average molecular weight is 396 g/mol. The molecular weight excluding hydrogens is 372 g/mol. The minimum atomic E-state index is -0.503. The summed E-state index contributed by atoms with van der Waals surface area (Å²) < 4.78 is 0. The van der Waals surface area contributed by atoms with Gasteiger partial charge in [0.15, 0.2) is 0 Å². The lowest BCUT2D eigenvalue weighted by Gasteiger charge is -2.32. The lowest BCUT2D eigenvalue weighted by atomic mass is 9.90. The molecule has 29 heavy (non-hydrogen) atoms. The Labute approximate surface area is 168 Å². The third kappa shape index (κ3) is 5.78. The van der Waals surface area contributed by atoms with Gasteiger partial charge in [0.1, 0.15) is 0 Å². The van der Waals surface area contributed by atoms with Crippen molar-refractivity contribution in [2.45, 2.75) is 44.3 Å². The van der Waals surface area contributed by atoms with Crippen molar-refractivity contribution in [3.63, 3.8) is 0 Å². The largest absolute Gasteiger partial charge is 0.347 e. The zero-order valence-electron chi connectivity index (χ0n) is 16.0. The predicted molar refractivity (Wildman–Crippen MR) is 108 cm³/mol. The second-order valence-corrected chi connectivity index (χ2v) is 7.09. The normalized spacial score (nSPS) is 18.5. The summed E-state index contributed by atoms with van der Waals surface area (Å²) in [6, 6.07) is 14.5. The van der Waals surface area contributed by atoms with Gasteiger partial charge in [-0.05, 0) is 30.5 Å². The Morgan fingerprint density at radius 2 is 1.55 bits per heavy atom. The van der Waals surface area contributed by atoms with Crippen LogP contribution in [0.25, 0.3) is 0 Å². The maximum Gasteiger partial charge on any atom is 0.315 e. The molecule has 1 aliphatic rings. The standard InChI is InChI=1S/C21H24N4O4/c26-20(16-10-12-17(13-11-16)25(28)29)23-18-8-4-5-9-19(18)24-21(27)22-14-15-6-2-1-3-7-15/h1-3,6-7,10-13,18-19H,4-5,8-9,14H2,(H,23,26)(H2,22,24,27). The summed E-state index contributed by atoms with van der Waals surface area (Å²) in [7, 11) is 0. The Morgan fingerprint density at radius 3 is 2.17 bits per heavy atom. The molecule has 2 aromatic carbocycles. The molecule has 1 saturated carbocycles. The first-order valence-corrected chi connectivity index (χ1v) is 9.66. The van der Waals surface area contributed by atoms with Gasteiger partial charge in [0.25, 0.3) is 11.6 Å². The Bertz CT molecular complexity index is 855. The molecule has 2 atom stereocenters. The number of amides is 3. The van der Waals surface area contributed by atoms with Crippen LogP contribution in [0.5, 0.6) is 0 Å². The number of nitro benzene ring substituents is 1. The van der Waals surface area contributed by atoms with Crippen molar-refractivity contribution in [2.75, 3.05) is 0 Å². The molecule has 152 valence electrons. The number of rotatable bonds is 6. The smallest absolute Gasteiger partial charge is 0.315 e. The quantitative estimate of drug-likeness (QED) is 0.514. The molecule has 1 aliphatic carbocycles. The van der Waals surface area contributed by atoms with Gasteiger partial charge >= 0.3 is 6.03 Å². The number of nitrogens with zero attached hydrogens (tertiary/aromatic N) is 1. The van der Waals surface area contributed by atoms with Crippen molar-refractivity contribution in [1.82, 2.24) is 16.0 Å². The zero-order valence-corrected chi connectivity index (χ0v) is 16.0. The minimum absolute atomic E-state index is 0.0613. The van der Waals surface area contributed by atoms with E-state index in [9.17, 15) is 19.7 Å². The number of non-ortho nitro benzene ring substituents is 1. The van der Waals surface area contributed by atoms with E-state index in [-0.39, 0.29) is 29.7 Å². The van der Waals surface area contributed by atoms with Crippen molar-refractivity contribution in [2.24, 2.45) is 0 Å². The van der Waals surface area contributed by atoms with E-state index in [4.69, 9.17) is 0 Å². The van der Waals surface area contributed by atoms with E-state index in [0.717, 1.165) is 31.2 Å². The van der Waals surface area contributed by atoms with Crippen LogP contribution in [-0.4, -0.2) is 28.9 Å². The van der Waals surface area contributed by atoms with Crippen molar-refractivity contribution < 1.29 is 14.5 Å². The maximum atomic E-state index is 12.5. The fraction of sp³-hybridized carbons (Fsp3) is 0.333. The molecule has 3 N–H and O–H groups in total. The summed E-state index contributed by atoms with van der Waals surface area (Å²) in [6.45, 7) is 0.430. The van der Waals surface area contributed by atoms with Gasteiger partial charge in [-0.2, -0.15) is 0 Å². The summed E-state index contributed by atoms with van der Waals surface area (Å²) in [4.78, 5) is 35.1. The van der Waals surface area contributed by atoms with Crippen LogP contribution in [0.4, 0.5) is 10.5 Å². The van der Waals surface area contributed by atoms with Crippen LogP contribution in [0.15, 0.2) is 54.6 Å². The van der Waals surface area contributed by atoms with Crippen LogP contribution in [0, 0.1) is 10.1 Å². The summed E-state index contributed by atoms with van der Waals surface area (Å²) in [5, 5.41) is 19.5. The van der Waals surface area contributed by atoms with Crippen LogP contribution in [0.1, 0.15) is 41.6 Å². The number of carbonyl (C=O) groups is 2. The maximum absolute atomic E-state index is 12.5. The SMILES string of the molecule is O=C(NCc1ccccc1)NC1CCCCC1NC(=O)c1ccc([N+](=O)[O-])cc1. The molecule has 3 rings (SSSR count). The number of nitrogens with one attached hydrogen (secondary N) is 3. The van der Waals surface area contributed by atoms with E-state index in [1.54, 1.807) is 0 Å². The number of nitro groups is 1. The second-order valence-electron chi connectivity index (χ2n) is 7.09. The average Bonchev–Trinajstić information content (AvgIpc) is 2.74. The highest BCUT2D eigenvalue weighted by Crippen LogP contribution is 2.20. The highest BCUT2D eigenvalue weighted by molar-refractivity contribution is 5.94. The molecule has 8 heteroatoms. The van der Waals surface area contributed by atoms with Crippen LogP contribution in [0.3, 0.4) is 0 Å². The van der Waals surface area contributed by atoms with Crippen molar-refractivity contribution in [1.29, 1.82) is 0 Å². The van der Waals surface area contributed by atoms with Gasteiger partial charge in [-0.15, -0.1) is 0 Å². The highest BCUT2D eigenvalue weighted by Gasteiger charge is 2.28. The van der Waals surface area contributed by atoms with Gasteiger partial charge < -0.3 is 16.0 Å². The van der Waals surface area contributed by atoms with Crippen molar-refractivity contribution in [3.05, 3.63) is 75.8 Å². The lowest BCUT2D eigenvalue weighted by Crippen LogP contribution is -2.55. The van der Waals surface area contributed by atoms with E-state index in [1.165, 1.54) is 24.3 Å². The first-order chi connectivity index (χ1) is 14.0. The fourth-order valence-electron chi connectivity index (χ4n) is 3.46. The van der Waals surface area contributed by atoms with E-state index in [1.807, 2.05) is 30.3 Å². The molecule has 8 nitrogen and oxygen atoms in total. The van der Waals surface area contributed by atoms with E-state index in [0.29, 0.717) is 12.1 Å². The first-order valence-electron chi connectivity index (χ1n) is 9.66. The van der Waals surface area contributed by atoms with Gasteiger partial charge in [0.2, 0.25) is 0 Å². The number of hydrogen-bond acceptors (Lipinski definition) is 4. The number of urea groups is 1.